The van der Waals surface area contributed by atoms with Gasteiger partial charge in [-0.05, 0) is 63.9 Å². The lowest BCUT2D eigenvalue weighted by atomic mass is 10.1. The predicted octanol–water partition coefficient (Wildman–Crippen LogP) is 4.42. The van der Waals surface area contributed by atoms with E-state index >= 15 is 0 Å². The zero-order valence-electron chi connectivity index (χ0n) is 15.0. The van der Waals surface area contributed by atoms with Crippen LogP contribution >= 0.6 is 11.6 Å². The van der Waals surface area contributed by atoms with Crippen molar-refractivity contribution >= 4 is 23.4 Å². The molecule has 1 aromatic carbocycles. The third kappa shape index (κ3) is 4.04. The maximum Gasteiger partial charge on any atom is 0.340 e. The number of H-pyrrole nitrogens is 1. The fourth-order valence-electron chi connectivity index (χ4n) is 2.66. The summed E-state index contributed by atoms with van der Waals surface area (Å²) in [6.07, 6.45) is -0.715. The minimum atomic E-state index is -0.715. The van der Waals surface area contributed by atoms with Gasteiger partial charge in [0.2, 0.25) is 5.78 Å². The number of nitrogens with one attached hydrogen (secondary N) is 1. The van der Waals surface area contributed by atoms with Crippen LogP contribution in [0.1, 0.15) is 51.5 Å². The Morgan fingerprint density at radius 1 is 1.24 bits per heavy atom. The van der Waals surface area contributed by atoms with Crippen LogP contribution in [0.2, 0.25) is 5.02 Å². The van der Waals surface area contributed by atoms with E-state index in [-0.39, 0.29) is 12.4 Å². The van der Waals surface area contributed by atoms with Gasteiger partial charge >= 0.3 is 5.97 Å². The molecule has 0 aliphatic carbocycles. The van der Waals surface area contributed by atoms with Crippen LogP contribution in [0.25, 0.3) is 0 Å². The standard InChI is InChI=1S/C19H22ClNO4/c1-6-24-19(23)16-11(3)17(21-12(16)4)18(22)13(5)25-14-7-8-15(20)10(2)9-14/h7-9,13,21H,6H2,1-5H3/t13-/m0/s1. The maximum atomic E-state index is 12.7. The summed E-state index contributed by atoms with van der Waals surface area (Å²) in [5.74, 6) is -0.104. The number of benzene rings is 1. The molecule has 0 aliphatic rings. The summed E-state index contributed by atoms with van der Waals surface area (Å²) in [6.45, 7) is 9.02. The predicted molar refractivity (Wildman–Crippen MR) is 96.8 cm³/mol. The van der Waals surface area contributed by atoms with Gasteiger partial charge in [-0.1, -0.05) is 11.6 Å². The first-order valence-corrected chi connectivity index (χ1v) is 8.47. The smallest absolute Gasteiger partial charge is 0.340 e. The van der Waals surface area contributed by atoms with Crippen LogP contribution in [0, 0.1) is 20.8 Å². The highest BCUT2D eigenvalue weighted by Gasteiger charge is 2.26. The lowest BCUT2D eigenvalue weighted by Crippen LogP contribution is -2.25. The van der Waals surface area contributed by atoms with Crippen molar-refractivity contribution in [1.82, 2.24) is 4.98 Å². The molecule has 0 unspecified atom stereocenters. The Kier molecular flexibility index (Phi) is 5.90. The summed E-state index contributed by atoms with van der Waals surface area (Å²) in [5, 5.41) is 0.640. The summed E-state index contributed by atoms with van der Waals surface area (Å²) in [5.41, 5.74) is 2.81. The number of halogens is 1. The van der Waals surface area contributed by atoms with Gasteiger partial charge in [-0.15, -0.1) is 0 Å². The van der Waals surface area contributed by atoms with E-state index in [1.54, 1.807) is 45.9 Å². The van der Waals surface area contributed by atoms with Crippen molar-refractivity contribution in [3.8, 4) is 5.75 Å². The summed E-state index contributed by atoms with van der Waals surface area (Å²) in [4.78, 5) is 27.8. The Hall–Kier alpha value is -2.27. The molecule has 25 heavy (non-hydrogen) atoms. The van der Waals surface area contributed by atoms with Crippen LogP contribution in [-0.2, 0) is 4.74 Å². The van der Waals surface area contributed by atoms with Crippen LogP contribution in [0.4, 0.5) is 0 Å². The zero-order chi connectivity index (χ0) is 18.7. The molecule has 0 fully saturated rings. The van der Waals surface area contributed by atoms with Gasteiger partial charge in [-0.3, -0.25) is 4.79 Å². The number of hydrogen-bond acceptors (Lipinski definition) is 4. The van der Waals surface area contributed by atoms with Crippen molar-refractivity contribution in [2.75, 3.05) is 6.61 Å². The monoisotopic (exact) mass is 363 g/mol. The molecule has 5 nitrogen and oxygen atoms in total. The molecule has 2 aromatic rings. The lowest BCUT2D eigenvalue weighted by molar-refractivity contribution is 0.0525. The minimum absolute atomic E-state index is 0.233. The molecule has 0 amide bonds. The highest BCUT2D eigenvalue weighted by atomic mass is 35.5. The third-order valence-electron chi connectivity index (χ3n) is 3.97. The molecular weight excluding hydrogens is 342 g/mol. The number of carbonyl (C=O) groups is 2. The van der Waals surface area contributed by atoms with Crippen LogP contribution < -0.4 is 4.74 Å². The Morgan fingerprint density at radius 3 is 2.52 bits per heavy atom. The number of Topliss-reactive ketones (excluding diaryl/α,β-unsaturated/α-hetero) is 1. The van der Waals surface area contributed by atoms with Crippen LogP contribution in [0.5, 0.6) is 5.75 Å². The van der Waals surface area contributed by atoms with E-state index in [0.29, 0.717) is 33.3 Å². The zero-order valence-corrected chi connectivity index (χ0v) is 15.8. The molecule has 0 saturated carbocycles. The van der Waals surface area contributed by atoms with E-state index in [1.807, 2.05) is 6.92 Å². The van der Waals surface area contributed by atoms with E-state index in [1.165, 1.54) is 0 Å². The highest BCUT2D eigenvalue weighted by molar-refractivity contribution is 6.31. The molecule has 2 rings (SSSR count). The first kappa shape index (κ1) is 19.1. The summed E-state index contributed by atoms with van der Waals surface area (Å²) in [7, 11) is 0. The lowest BCUT2D eigenvalue weighted by Gasteiger charge is -2.14. The van der Waals surface area contributed by atoms with Gasteiger partial charge in [0.15, 0.2) is 6.10 Å². The van der Waals surface area contributed by atoms with Crippen LogP contribution in [0.15, 0.2) is 18.2 Å². The quantitative estimate of drug-likeness (QED) is 0.609. The van der Waals surface area contributed by atoms with Gasteiger partial charge in [0.1, 0.15) is 5.75 Å². The van der Waals surface area contributed by atoms with Gasteiger partial charge in [0.05, 0.1) is 17.9 Å². The van der Waals surface area contributed by atoms with Crippen molar-refractivity contribution < 1.29 is 19.1 Å². The number of rotatable bonds is 6. The van der Waals surface area contributed by atoms with Gasteiger partial charge in [0.25, 0.3) is 0 Å². The SMILES string of the molecule is CCOC(=O)c1c(C)[nH]c(C(=O)[C@H](C)Oc2ccc(Cl)c(C)c2)c1C. The molecule has 1 atom stereocenters. The summed E-state index contributed by atoms with van der Waals surface area (Å²) < 4.78 is 10.8. The molecule has 0 spiro atoms. The van der Waals surface area contributed by atoms with E-state index in [0.717, 1.165) is 5.56 Å². The first-order valence-electron chi connectivity index (χ1n) is 8.09. The normalized spacial score (nSPS) is 11.9. The number of ether oxygens (including phenoxy) is 2. The second-order valence-corrected chi connectivity index (χ2v) is 6.29. The molecule has 6 heteroatoms. The summed E-state index contributed by atoms with van der Waals surface area (Å²) in [6, 6.07) is 5.23. The van der Waals surface area contributed by atoms with Crippen molar-refractivity contribution in [2.24, 2.45) is 0 Å². The average Bonchev–Trinajstić information content (AvgIpc) is 2.85. The maximum absolute atomic E-state index is 12.7. The third-order valence-corrected chi connectivity index (χ3v) is 4.40. The largest absolute Gasteiger partial charge is 0.482 e. The number of ketones is 1. The minimum Gasteiger partial charge on any atom is -0.482 e. The molecule has 0 bridgehead atoms. The number of esters is 1. The molecule has 0 radical (unpaired) electrons. The van der Waals surface area contributed by atoms with E-state index in [9.17, 15) is 9.59 Å². The van der Waals surface area contributed by atoms with E-state index in [2.05, 4.69) is 4.98 Å². The molecule has 1 aromatic heterocycles. The fraction of sp³-hybridized carbons (Fsp3) is 0.368. The number of aromatic amines is 1. The number of hydrogen-bond donors (Lipinski definition) is 1. The summed E-state index contributed by atoms with van der Waals surface area (Å²) >= 11 is 6.00. The van der Waals surface area contributed by atoms with Gasteiger partial charge < -0.3 is 14.5 Å². The first-order chi connectivity index (χ1) is 11.8. The van der Waals surface area contributed by atoms with Crippen molar-refractivity contribution in [3.05, 3.63) is 51.3 Å². The van der Waals surface area contributed by atoms with E-state index in [4.69, 9.17) is 21.1 Å². The molecule has 1 heterocycles. The number of carbonyl (C=O) groups excluding carboxylic acids is 2. The Labute approximate surface area is 152 Å². The molecular formula is C19H22ClNO4. The van der Waals surface area contributed by atoms with Crippen molar-refractivity contribution in [2.45, 2.75) is 40.7 Å². The second-order valence-electron chi connectivity index (χ2n) is 5.88. The molecule has 0 aliphatic heterocycles. The Morgan fingerprint density at radius 2 is 1.92 bits per heavy atom. The van der Waals surface area contributed by atoms with Gasteiger partial charge in [-0.2, -0.15) is 0 Å². The fourth-order valence-corrected chi connectivity index (χ4v) is 2.77. The number of aryl methyl sites for hydroxylation is 2. The molecule has 134 valence electrons. The Bertz CT molecular complexity index is 810. The number of aromatic nitrogens is 1. The Balaban J connectivity index is 2.23. The highest BCUT2D eigenvalue weighted by Crippen LogP contribution is 2.24. The van der Waals surface area contributed by atoms with Crippen molar-refractivity contribution in [3.63, 3.8) is 0 Å². The molecule has 1 N–H and O–H groups in total. The van der Waals surface area contributed by atoms with Gasteiger partial charge in [-0.25, -0.2) is 4.79 Å². The van der Waals surface area contributed by atoms with Crippen LogP contribution in [0.3, 0.4) is 0 Å². The van der Waals surface area contributed by atoms with Gasteiger partial charge in [0, 0.05) is 10.7 Å². The van der Waals surface area contributed by atoms with Crippen LogP contribution in [-0.4, -0.2) is 29.4 Å². The van der Waals surface area contributed by atoms with E-state index < -0.39 is 12.1 Å². The topological polar surface area (TPSA) is 68.4 Å². The van der Waals surface area contributed by atoms with Crippen molar-refractivity contribution in [1.29, 1.82) is 0 Å². The second kappa shape index (κ2) is 7.74. The molecule has 0 saturated heterocycles. The average molecular weight is 364 g/mol.